The van der Waals surface area contributed by atoms with Crippen LogP contribution in [0.4, 0.5) is 5.69 Å². The van der Waals surface area contributed by atoms with Gasteiger partial charge in [0.25, 0.3) is 0 Å². The van der Waals surface area contributed by atoms with Gasteiger partial charge in [-0.3, -0.25) is 0 Å². The molecule has 1 aromatic rings. The lowest BCUT2D eigenvalue weighted by Gasteiger charge is -2.32. The summed E-state index contributed by atoms with van der Waals surface area (Å²) in [5.74, 6) is 0.642. The van der Waals surface area contributed by atoms with Crippen molar-refractivity contribution in [2.45, 2.75) is 52.1 Å². The van der Waals surface area contributed by atoms with Crippen LogP contribution in [0, 0.1) is 11.3 Å². The molecule has 19 heavy (non-hydrogen) atoms. The lowest BCUT2D eigenvalue weighted by Crippen LogP contribution is -2.43. The van der Waals surface area contributed by atoms with Crippen LogP contribution in [0.15, 0.2) is 24.3 Å². The number of anilines is 1. The van der Waals surface area contributed by atoms with Crippen molar-refractivity contribution in [3.8, 4) is 0 Å². The van der Waals surface area contributed by atoms with E-state index in [1.807, 2.05) is 0 Å². The van der Waals surface area contributed by atoms with Gasteiger partial charge in [0.1, 0.15) is 0 Å². The first-order valence-electron chi connectivity index (χ1n) is 7.59. The van der Waals surface area contributed by atoms with Crippen LogP contribution in [0.1, 0.15) is 39.2 Å². The second-order valence-corrected chi connectivity index (χ2v) is 7.15. The fourth-order valence-electron chi connectivity index (χ4n) is 3.91. The zero-order chi connectivity index (χ0) is 13.6. The van der Waals surface area contributed by atoms with Gasteiger partial charge in [-0.2, -0.15) is 0 Å². The Hall–Kier alpha value is -1.02. The summed E-state index contributed by atoms with van der Waals surface area (Å²) in [5.41, 5.74) is 9.72. The van der Waals surface area contributed by atoms with Crippen molar-refractivity contribution in [1.82, 2.24) is 0 Å². The number of hydrogen-bond donors (Lipinski definition) is 1. The SMILES string of the molecule is CC1Cc2ccccc2N1CC1CCC(C)(C)C1N. The van der Waals surface area contributed by atoms with Crippen LogP contribution in [0.2, 0.25) is 0 Å². The van der Waals surface area contributed by atoms with Gasteiger partial charge in [0.2, 0.25) is 0 Å². The minimum Gasteiger partial charge on any atom is -0.368 e. The summed E-state index contributed by atoms with van der Waals surface area (Å²) in [7, 11) is 0. The number of para-hydroxylation sites is 1. The summed E-state index contributed by atoms with van der Waals surface area (Å²) in [6.45, 7) is 8.10. The number of nitrogens with two attached hydrogens (primary N) is 1. The standard InChI is InChI=1S/C17H26N2/c1-12-10-13-6-4-5-7-15(13)19(12)11-14-8-9-17(2,3)16(14)18/h4-7,12,14,16H,8-11,18H2,1-3H3. The largest absolute Gasteiger partial charge is 0.368 e. The lowest BCUT2D eigenvalue weighted by atomic mass is 9.85. The third-order valence-corrected chi connectivity index (χ3v) is 5.35. The third-order valence-electron chi connectivity index (χ3n) is 5.35. The predicted octanol–water partition coefficient (Wildman–Crippen LogP) is 3.20. The number of fused-ring (bicyclic) bond motifs is 1. The van der Waals surface area contributed by atoms with Gasteiger partial charge in [0.05, 0.1) is 0 Å². The molecule has 2 heteroatoms. The quantitative estimate of drug-likeness (QED) is 0.882. The first-order valence-corrected chi connectivity index (χ1v) is 7.59. The molecule has 104 valence electrons. The summed E-state index contributed by atoms with van der Waals surface area (Å²) in [6, 6.07) is 9.80. The molecule has 2 aliphatic rings. The van der Waals surface area contributed by atoms with E-state index >= 15 is 0 Å². The van der Waals surface area contributed by atoms with Gasteiger partial charge in [0.15, 0.2) is 0 Å². The van der Waals surface area contributed by atoms with Gasteiger partial charge in [-0.15, -0.1) is 0 Å². The van der Waals surface area contributed by atoms with Gasteiger partial charge in [-0.25, -0.2) is 0 Å². The van der Waals surface area contributed by atoms with Crippen molar-refractivity contribution < 1.29 is 0 Å². The predicted molar refractivity (Wildman–Crippen MR) is 81.4 cm³/mol. The Labute approximate surface area is 117 Å². The summed E-state index contributed by atoms with van der Waals surface area (Å²) in [4.78, 5) is 2.58. The van der Waals surface area contributed by atoms with Gasteiger partial charge in [0, 0.05) is 24.3 Å². The Morgan fingerprint density at radius 1 is 1.32 bits per heavy atom. The molecule has 1 aromatic carbocycles. The Morgan fingerprint density at radius 2 is 2.05 bits per heavy atom. The zero-order valence-corrected chi connectivity index (χ0v) is 12.4. The van der Waals surface area contributed by atoms with E-state index in [4.69, 9.17) is 5.73 Å². The molecule has 3 rings (SSSR count). The number of benzene rings is 1. The highest BCUT2D eigenvalue weighted by atomic mass is 15.2. The molecule has 0 radical (unpaired) electrons. The fourth-order valence-corrected chi connectivity index (χ4v) is 3.91. The van der Waals surface area contributed by atoms with Gasteiger partial charge < -0.3 is 10.6 Å². The minimum absolute atomic E-state index is 0.313. The van der Waals surface area contributed by atoms with E-state index in [1.165, 1.54) is 30.5 Å². The van der Waals surface area contributed by atoms with E-state index < -0.39 is 0 Å². The summed E-state index contributed by atoms with van der Waals surface area (Å²) >= 11 is 0. The second kappa shape index (κ2) is 4.52. The Balaban J connectivity index is 1.78. The smallest absolute Gasteiger partial charge is 0.0402 e. The van der Waals surface area contributed by atoms with Gasteiger partial charge in [-0.1, -0.05) is 32.0 Å². The van der Waals surface area contributed by atoms with Crippen molar-refractivity contribution in [1.29, 1.82) is 0 Å². The third kappa shape index (κ3) is 2.16. The van der Waals surface area contributed by atoms with Crippen LogP contribution < -0.4 is 10.6 Å². The van der Waals surface area contributed by atoms with Crippen molar-refractivity contribution in [3.05, 3.63) is 29.8 Å². The second-order valence-electron chi connectivity index (χ2n) is 7.15. The van der Waals surface area contributed by atoms with E-state index in [1.54, 1.807) is 0 Å². The molecule has 0 saturated heterocycles. The number of rotatable bonds is 2. The molecule has 2 nitrogen and oxygen atoms in total. The Morgan fingerprint density at radius 3 is 2.74 bits per heavy atom. The molecule has 1 aliphatic heterocycles. The molecule has 1 aliphatic carbocycles. The van der Waals surface area contributed by atoms with Crippen LogP contribution >= 0.6 is 0 Å². The normalized spacial score (nSPS) is 32.6. The molecule has 3 unspecified atom stereocenters. The summed E-state index contributed by atoms with van der Waals surface area (Å²) in [5, 5.41) is 0. The molecule has 3 atom stereocenters. The first kappa shape index (κ1) is 13.0. The topological polar surface area (TPSA) is 29.3 Å². The van der Waals surface area contributed by atoms with Crippen LogP contribution in [-0.4, -0.2) is 18.6 Å². The molecule has 0 spiro atoms. The van der Waals surface area contributed by atoms with Crippen LogP contribution in [0.25, 0.3) is 0 Å². The van der Waals surface area contributed by atoms with E-state index in [2.05, 4.69) is 49.9 Å². The lowest BCUT2D eigenvalue weighted by molar-refractivity contribution is 0.299. The highest BCUT2D eigenvalue weighted by Crippen LogP contribution is 2.42. The average molecular weight is 258 g/mol. The van der Waals surface area contributed by atoms with Crippen molar-refractivity contribution in [2.24, 2.45) is 17.1 Å². The zero-order valence-electron chi connectivity index (χ0n) is 12.4. The molecular weight excluding hydrogens is 232 g/mol. The highest BCUT2D eigenvalue weighted by molar-refractivity contribution is 5.59. The summed E-state index contributed by atoms with van der Waals surface area (Å²) < 4.78 is 0. The molecule has 0 bridgehead atoms. The number of nitrogens with zero attached hydrogens (tertiary/aromatic N) is 1. The monoisotopic (exact) mass is 258 g/mol. The van der Waals surface area contributed by atoms with Crippen LogP contribution in [-0.2, 0) is 6.42 Å². The van der Waals surface area contributed by atoms with Crippen LogP contribution in [0.3, 0.4) is 0 Å². The molecule has 1 saturated carbocycles. The van der Waals surface area contributed by atoms with Crippen molar-refractivity contribution in [2.75, 3.05) is 11.4 Å². The van der Waals surface area contributed by atoms with E-state index in [0.29, 0.717) is 23.4 Å². The summed E-state index contributed by atoms with van der Waals surface area (Å²) in [6.07, 6.45) is 3.73. The molecule has 0 amide bonds. The Bertz CT molecular complexity index is 466. The maximum Gasteiger partial charge on any atom is 0.0402 e. The van der Waals surface area contributed by atoms with Gasteiger partial charge in [-0.05, 0) is 49.1 Å². The van der Waals surface area contributed by atoms with Gasteiger partial charge >= 0.3 is 0 Å². The minimum atomic E-state index is 0.313. The maximum atomic E-state index is 6.47. The highest BCUT2D eigenvalue weighted by Gasteiger charge is 2.41. The maximum absolute atomic E-state index is 6.47. The fraction of sp³-hybridized carbons (Fsp3) is 0.647. The van der Waals surface area contributed by atoms with Crippen molar-refractivity contribution >= 4 is 5.69 Å². The first-order chi connectivity index (χ1) is 8.99. The Kier molecular flexibility index (Phi) is 3.09. The number of hydrogen-bond acceptors (Lipinski definition) is 2. The molecule has 0 aromatic heterocycles. The molecule has 1 fully saturated rings. The van der Waals surface area contributed by atoms with E-state index in [9.17, 15) is 0 Å². The van der Waals surface area contributed by atoms with Crippen molar-refractivity contribution in [3.63, 3.8) is 0 Å². The van der Waals surface area contributed by atoms with E-state index in [-0.39, 0.29) is 0 Å². The molecule has 1 heterocycles. The molecule has 2 N–H and O–H groups in total. The average Bonchev–Trinajstić information content (AvgIpc) is 2.82. The van der Waals surface area contributed by atoms with Crippen LogP contribution in [0.5, 0.6) is 0 Å². The molecular formula is C17H26N2. The van der Waals surface area contributed by atoms with E-state index in [0.717, 1.165) is 6.54 Å².